The van der Waals surface area contributed by atoms with Crippen LogP contribution in [0.2, 0.25) is 5.02 Å². The third-order valence-corrected chi connectivity index (χ3v) is 4.06. The van der Waals surface area contributed by atoms with Gasteiger partial charge in [0, 0.05) is 37.7 Å². The Kier molecular flexibility index (Phi) is 6.28. The smallest absolute Gasteiger partial charge is 0.263 e. The van der Waals surface area contributed by atoms with Crippen molar-refractivity contribution >= 4 is 17.5 Å². The molecule has 0 radical (unpaired) electrons. The second-order valence-corrected chi connectivity index (χ2v) is 5.82. The Morgan fingerprint density at radius 1 is 1.32 bits per heavy atom. The number of nitrogens with zero attached hydrogens (tertiary/aromatic N) is 2. The van der Waals surface area contributed by atoms with Crippen molar-refractivity contribution in [3.8, 4) is 5.75 Å². The number of benzene rings is 1. The number of piperazine rings is 1. The van der Waals surface area contributed by atoms with Crippen molar-refractivity contribution in [2.75, 3.05) is 32.7 Å². The number of carbonyl (C=O) groups excluding carboxylic acids is 1. The van der Waals surface area contributed by atoms with Crippen LogP contribution in [0, 0.1) is 0 Å². The fourth-order valence-electron chi connectivity index (χ4n) is 2.52. The Bertz CT molecular complexity index is 496. The molecule has 1 aliphatic heterocycles. The third-order valence-electron chi connectivity index (χ3n) is 3.81. The van der Waals surface area contributed by atoms with Crippen LogP contribution in [-0.4, -0.2) is 54.5 Å². The van der Waals surface area contributed by atoms with E-state index in [9.17, 15) is 4.79 Å². The highest BCUT2D eigenvalue weighted by Crippen LogP contribution is 2.19. The van der Waals surface area contributed by atoms with Gasteiger partial charge in [-0.05, 0) is 30.7 Å². The standard InChI is InChI=1S/C17H23ClN2O2/c1-3-9-19-10-12-20(13-11-19)17(21)16(4-2)22-15-7-5-14(18)6-8-15/h3,5-8,16H,1,4,9-13H2,2H3/t16-/m1/s1. The van der Waals surface area contributed by atoms with Crippen LogP contribution in [-0.2, 0) is 4.79 Å². The van der Waals surface area contributed by atoms with Crippen molar-refractivity contribution in [2.45, 2.75) is 19.4 Å². The lowest BCUT2D eigenvalue weighted by molar-refractivity contribution is -0.140. The molecule has 0 saturated carbocycles. The van der Waals surface area contributed by atoms with Crippen LogP contribution in [0.1, 0.15) is 13.3 Å². The molecular weight excluding hydrogens is 300 g/mol. The molecule has 0 spiro atoms. The molecule has 1 fully saturated rings. The minimum atomic E-state index is -0.438. The van der Waals surface area contributed by atoms with Gasteiger partial charge in [0.15, 0.2) is 6.10 Å². The van der Waals surface area contributed by atoms with Gasteiger partial charge in [0.05, 0.1) is 0 Å². The number of hydrogen-bond acceptors (Lipinski definition) is 3. The molecule has 0 bridgehead atoms. The summed E-state index contributed by atoms with van der Waals surface area (Å²) in [6.07, 6.45) is 2.11. The first-order valence-corrected chi connectivity index (χ1v) is 8.06. The molecular formula is C17H23ClN2O2. The average molecular weight is 323 g/mol. The average Bonchev–Trinajstić information content (AvgIpc) is 2.55. The van der Waals surface area contributed by atoms with E-state index in [1.54, 1.807) is 24.3 Å². The van der Waals surface area contributed by atoms with E-state index < -0.39 is 6.10 Å². The zero-order chi connectivity index (χ0) is 15.9. The summed E-state index contributed by atoms with van der Waals surface area (Å²) in [6.45, 7) is 9.85. The van der Waals surface area contributed by atoms with Crippen LogP contribution in [0.4, 0.5) is 0 Å². The first-order chi connectivity index (χ1) is 10.6. The van der Waals surface area contributed by atoms with E-state index in [0.29, 0.717) is 17.2 Å². The number of carbonyl (C=O) groups is 1. The summed E-state index contributed by atoms with van der Waals surface area (Å²) in [4.78, 5) is 16.8. The minimum Gasteiger partial charge on any atom is -0.481 e. The summed E-state index contributed by atoms with van der Waals surface area (Å²) in [5, 5.41) is 0.657. The fourth-order valence-corrected chi connectivity index (χ4v) is 2.65. The van der Waals surface area contributed by atoms with Gasteiger partial charge in [-0.3, -0.25) is 9.69 Å². The van der Waals surface area contributed by atoms with Gasteiger partial charge >= 0.3 is 0 Å². The van der Waals surface area contributed by atoms with Crippen molar-refractivity contribution in [1.29, 1.82) is 0 Å². The molecule has 1 amide bonds. The maximum atomic E-state index is 12.6. The van der Waals surface area contributed by atoms with Crippen LogP contribution in [0.5, 0.6) is 5.75 Å². The molecule has 0 unspecified atom stereocenters. The van der Waals surface area contributed by atoms with Crippen LogP contribution < -0.4 is 4.74 Å². The van der Waals surface area contributed by atoms with Gasteiger partial charge in [0.1, 0.15) is 5.75 Å². The lowest BCUT2D eigenvalue weighted by Crippen LogP contribution is -2.52. The fraction of sp³-hybridized carbons (Fsp3) is 0.471. The number of halogens is 1. The zero-order valence-electron chi connectivity index (χ0n) is 13.0. The summed E-state index contributed by atoms with van der Waals surface area (Å²) in [6, 6.07) is 7.12. The number of rotatable bonds is 6. The molecule has 0 N–H and O–H groups in total. The molecule has 120 valence electrons. The molecule has 1 heterocycles. The molecule has 1 atom stereocenters. The normalized spacial score (nSPS) is 17.1. The Balaban J connectivity index is 1.91. The molecule has 0 aliphatic carbocycles. The van der Waals surface area contributed by atoms with E-state index in [1.807, 2.05) is 17.9 Å². The predicted molar refractivity (Wildman–Crippen MR) is 89.4 cm³/mol. The van der Waals surface area contributed by atoms with Gasteiger partial charge in [-0.15, -0.1) is 6.58 Å². The highest BCUT2D eigenvalue weighted by atomic mass is 35.5. The summed E-state index contributed by atoms with van der Waals surface area (Å²) in [5.74, 6) is 0.741. The predicted octanol–water partition coefficient (Wildman–Crippen LogP) is 2.83. The van der Waals surface area contributed by atoms with Crippen molar-refractivity contribution in [3.63, 3.8) is 0 Å². The SMILES string of the molecule is C=CCN1CCN(C(=O)[C@@H](CC)Oc2ccc(Cl)cc2)CC1. The van der Waals surface area contributed by atoms with E-state index >= 15 is 0 Å². The lowest BCUT2D eigenvalue weighted by Gasteiger charge is -2.35. The van der Waals surface area contributed by atoms with Gasteiger partial charge in [-0.25, -0.2) is 0 Å². The Morgan fingerprint density at radius 2 is 1.95 bits per heavy atom. The second-order valence-electron chi connectivity index (χ2n) is 5.38. The van der Waals surface area contributed by atoms with Crippen LogP contribution >= 0.6 is 11.6 Å². The number of ether oxygens (including phenoxy) is 1. The van der Waals surface area contributed by atoms with Crippen LogP contribution in [0.3, 0.4) is 0 Å². The van der Waals surface area contributed by atoms with Crippen molar-refractivity contribution < 1.29 is 9.53 Å². The monoisotopic (exact) mass is 322 g/mol. The molecule has 1 aliphatic rings. The Morgan fingerprint density at radius 3 is 2.50 bits per heavy atom. The van der Waals surface area contributed by atoms with Crippen molar-refractivity contribution in [2.24, 2.45) is 0 Å². The maximum Gasteiger partial charge on any atom is 0.263 e. The van der Waals surface area contributed by atoms with E-state index in [1.165, 1.54) is 0 Å². The van der Waals surface area contributed by atoms with Crippen molar-refractivity contribution in [1.82, 2.24) is 9.80 Å². The summed E-state index contributed by atoms with van der Waals surface area (Å²) < 4.78 is 5.83. The van der Waals surface area contributed by atoms with Crippen LogP contribution in [0.25, 0.3) is 0 Å². The van der Waals surface area contributed by atoms with Gasteiger partial charge in [0.25, 0.3) is 5.91 Å². The summed E-state index contributed by atoms with van der Waals surface area (Å²) >= 11 is 5.86. The molecule has 1 aromatic carbocycles. The van der Waals surface area contributed by atoms with Gasteiger partial charge < -0.3 is 9.64 Å². The second kappa shape index (κ2) is 8.20. The van der Waals surface area contributed by atoms with E-state index in [0.717, 1.165) is 32.7 Å². The molecule has 1 aromatic rings. The van der Waals surface area contributed by atoms with Crippen molar-refractivity contribution in [3.05, 3.63) is 41.9 Å². The highest BCUT2D eigenvalue weighted by molar-refractivity contribution is 6.30. The van der Waals surface area contributed by atoms with Gasteiger partial charge in [-0.1, -0.05) is 24.6 Å². The minimum absolute atomic E-state index is 0.0655. The van der Waals surface area contributed by atoms with Crippen LogP contribution in [0.15, 0.2) is 36.9 Å². The molecule has 22 heavy (non-hydrogen) atoms. The van der Waals surface area contributed by atoms with E-state index in [4.69, 9.17) is 16.3 Å². The third kappa shape index (κ3) is 4.49. The zero-order valence-corrected chi connectivity index (χ0v) is 13.8. The Hall–Kier alpha value is -1.52. The van der Waals surface area contributed by atoms with Gasteiger partial charge in [0.2, 0.25) is 0 Å². The molecule has 0 aromatic heterocycles. The first-order valence-electron chi connectivity index (χ1n) is 7.68. The van der Waals surface area contributed by atoms with E-state index in [2.05, 4.69) is 11.5 Å². The molecule has 2 rings (SSSR count). The summed E-state index contributed by atoms with van der Waals surface area (Å²) in [7, 11) is 0. The lowest BCUT2D eigenvalue weighted by atomic mass is 10.2. The quantitative estimate of drug-likeness (QED) is 0.755. The maximum absolute atomic E-state index is 12.6. The number of amides is 1. The topological polar surface area (TPSA) is 32.8 Å². The van der Waals surface area contributed by atoms with E-state index in [-0.39, 0.29) is 5.91 Å². The highest BCUT2D eigenvalue weighted by Gasteiger charge is 2.27. The summed E-state index contributed by atoms with van der Waals surface area (Å²) in [5.41, 5.74) is 0. The molecule has 4 nitrogen and oxygen atoms in total. The largest absolute Gasteiger partial charge is 0.481 e. The number of hydrogen-bond donors (Lipinski definition) is 0. The first kappa shape index (κ1) is 16.8. The molecule has 5 heteroatoms. The molecule has 1 saturated heterocycles. The van der Waals surface area contributed by atoms with Gasteiger partial charge in [-0.2, -0.15) is 0 Å². The Labute approximate surface area is 137 Å².